The highest BCUT2D eigenvalue weighted by Gasteiger charge is 2.15. The van der Waals surface area contributed by atoms with Crippen LogP contribution in [0.15, 0.2) is 41.8 Å². The van der Waals surface area contributed by atoms with Crippen molar-refractivity contribution in [2.24, 2.45) is 0 Å². The lowest BCUT2D eigenvalue weighted by Crippen LogP contribution is -2.33. The lowest BCUT2D eigenvalue weighted by atomic mass is 10.2. The van der Waals surface area contributed by atoms with E-state index in [2.05, 4.69) is 0 Å². The van der Waals surface area contributed by atoms with Gasteiger partial charge in [-0.2, -0.15) is 8.42 Å². The molecule has 0 spiro atoms. The van der Waals surface area contributed by atoms with Crippen LogP contribution in [-0.4, -0.2) is 45.7 Å². The summed E-state index contributed by atoms with van der Waals surface area (Å²) in [5, 5.41) is 1.96. The van der Waals surface area contributed by atoms with Crippen LogP contribution in [0.25, 0.3) is 0 Å². The van der Waals surface area contributed by atoms with E-state index in [9.17, 15) is 13.2 Å². The molecular formula is C18H23NO5S2. The number of nitrogens with zero attached hydrogens (tertiary/aromatic N) is 1. The second-order valence-electron chi connectivity index (χ2n) is 5.85. The molecule has 0 aliphatic rings. The van der Waals surface area contributed by atoms with Crippen LogP contribution in [0, 0.1) is 0 Å². The predicted molar refractivity (Wildman–Crippen MR) is 102 cm³/mol. The number of hydrogen-bond acceptors (Lipinski definition) is 6. The van der Waals surface area contributed by atoms with Crippen LogP contribution in [0.5, 0.6) is 5.75 Å². The first-order valence-corrected chi connectivity index (χ1v) is 10.8. The van der Waals surface area contributed by atoms with Crippen LogP contribution >= 0.6 is 11.3 Å². The fraction of sp³-hybridized carbons (Fsp3) is 0.389. The van der Waals surface area contributed by atoms with Gasteiger partial charge in [-0.3, -0.25) is 4.79 Å². The Morgan fingerprint density at radius 1 is 1.19 bits per heavy atom. The predicted octanol–water partition coefficient (Wildman–Crippen LogP) is 2.69. The molecule has 26 heavy (non-hydrogen) atoms. The van der Waals surface area contributed by atoms with Crippen LogP contribution < -0.4 is 4.18 Å². The van der Waals surface area contributed by atoms with E-state index in [1.54, 1.807) is 47.6 Å². The van der Waals surface area contributed by atoms with Crippen LogP contribution in [0.4, 0.5) is 0 Å². The minimum absolute atomic E-state index is 0.0556. The van der Waals surface area contributed by atoms with Gasteiger partial charge < -0.3 is 13.8 Å². The summed E-state index contributed by atoms with van der Waals surface area (Å²) in [6.07, 6.45) is 2.13. The molecule has 6 nitrogen and oxygen atoms in total. The fourth-order valence-corrected chi connectivity index (χ4v) is 3.57. The summed E-state index contributed by atoms with van der Waals surface area (Å²) in [4.78, 5) is 15.5. The van der Waals surface area contributed by atoms with E-state index in [0.717, 1.165) is 23.1 Å². The maximum atomic E-state index is 12.7. The summed E-state index contributed by atoms with van der Waals surface area (Å²) < 4.78 is 32.2. The Bertz CT molecular complexity index is 785. The molecule has 0 aliphatic heterocycles. The van der Waals surface area contributed by atoms with Crippen LogP contribution in [-0.2, 0) is 32.6 Å². The Balaban J connectivity index is 2.03. The first-order chi connectivity index (χ1) is 12.4. The van der Waals surface area contributed by atoms with Gasteiger partial charge >= 0.3 is 10.1 Å². The maximum Gasteiger partial charge on any atom is 0.306 e. The van der Waals surface area contributed by atoms with E-state index in [1.807, 2.05) is 17.5 Å². The third kappa shape index (κ3) is 7.15. The number of carbonyl (C=O) groups is 1. The molecule has 0 atom stereocenters. The van der Waals surface area contributed by atoms with Gasteiger partial charge in [-0.05, 0) is 35.6 Å². The number of hydrogen-bond donors (Lipinski definition) is 0. The average Bonchev–Trinajstić information content (AvgIpc) is 3.07. The molecule has 2 rings (SSSR count). The Kier molecular flexibility index (Phi) is 7.62. The maximum absolute atomic E-state index is 12.7. The minimum atomic E-state index is -3.55. The quantitative estimate of drug-likeness (QED) is 0.455. The summed E-state index contributed by atoms with van der Waals surface area (Å²) >= 11 is 1.56. The van der Waals surface area contributed by atoms with Gasteiger partial charge in [-0.15, -0.1) is 11.3 Å². The first kappa shape index (κ1) is 20.4. The van der Waals surface area contributed by atoms with Crippen molar-refractivity contribution in [1.82, 2.24) is 4.90 Å². The van der Waals surface area contributed by atoms with Crippen molar-refractivity contribution in [2.75, 3.05) is 26.5 Å². The van der Waals surface area contributed by atoms with Crippen molar-refractivity contribution in [1.29, 1.82) is 0 Å². The molecule has 0 saturated heterocycles. The van der Waals surface area contributed by atoms with Crippen LogP contribution in [0.1, 0.15) is 16.9 Å². The summed E-state index contributed by atoms with van der Waals surface area (Å²) in [6.45, 7) is 1.64. The van der Waals surface area contributed by atoms with Crippen molar-refractivity contribution < 1.29 is 22.1 Å². The monoisotopic (exact) mass is 397 g/mol. The SMILES string of the molecule is COCCCN(Cc1ccc(OS(C)(=O)=O)cc1)C(=O)Cc1cccs1. The molecule has 1 heterocycles. The van der Waals surface area contributed by atoms with Crippen LogP contribution in [0.3, 0.4) is 0 Å². The summed E-state index contributed by atoms with van der Waals surface area (Å²) in [5.41, 5.74) is 0.905. The number of rotatable bonds is 10. The van der Waals surface area contributed by atoms with Gasteiger partial charge in [0.05, 0.1) is 12.7 Å². The molecule has 1 amide bonds. The molecule has 0 unspecified atom stereocenters. The molecule has 0 fully saturated rings. The normalized spacial score (nSPS) is 11.3. The van der Waals surface area contributed by atoms with Crippen molar-refractivity contribution in [3.8, 4) is 5.75 Å². The molecule has 0 radical (unpaired) electrons. The molecule has 0 N–H and O–H groups in total. The Morgan fingerprint density at radius 2 is 1.92 bits per heavy atom. The number of carbonyl (C=O) groups excluding carboxylic acids is 1. The zero-order valence-electron chi connectivity index (χ0n) is 14.9. The molecule has 8 heteroatoms. The number of thiophene rings is 1. The number of amides is 1. The lowest BCUT2D eigenvalue weighted by Gasteiger charge is -2.23. The van der Waals surface area contributed by atoms with E-state index in [4.69, 9.17) is 8.92 Å². The van der Waals surface area contributed by atoms with Gasteiger partial charge in [0.1, 0.15) is 5.75 Å². The van der Waals surface area contributed by atoms with Gasteiger partial charge in [0.2, 0.25) is 5.91 Å². The largest absolute Gasteiger partial charge is 0.385 e. The highest BCUT2D eigenvalue weighted by Crippen LogP contribution is 2.17. The lowest BCUT2D eigenvalue weighted by molar-refractivity contribution is -0.131. The highest BCUT2D eigenvalue weighted by molar-refractivity contribution is 7.86. The third-order valence-electron chi connectivity index (χ3n) is 3.58. The fourth-order valence-electron chi connectivity index (χ4n) is 2.41. The van der Waals surface area contributed by atoms with Gasteiger partial charge in [0.15, 0.2) is 0 Å². The van der Waals surface area contributed by atoms with Crippen molar-refractivity contribution in [3.63, 3.8) is 0 Å². The molecule has 2 aromatic rings. The number of ether oxygens (including phenoxy) is 1. The summed E-state index contributed by atoms with van der Waals surface area (Å²) in [6, 6.07) is 10.6. The molecule has 0 saturated carbocycles. The summed E-state index contributed by atoms with van der Waals surface area (Å²) in [5.74, 6) is 0.312. The topological polar surface area (TPSA) is 72.9 Å². The first-order valence-electron chi connectivity index (χ1n) is 8.15. The van der Waals surface area contributed by atoms with Gasteiger partial charge in [0.25, 0.3) is 0 Å². The van der Waals surface area contributed by atoms with Gasteiger partial charge in [-0.25, -0.2) is 0 Å². The molecule has 142 valence electrons. The second-order valence-corrected chi connectivity index (χ2v) is 8.46. The van der Waals surface area contributed by atoms with Gasteiger partial charge in [0, 0.05) is 31.7 Å². The molecule has 1 aromatic carbocycles. The van der Waals surface area contributed by atoms with E-state index in [1.165, 1.54) is 0 Å². The number of methoxy groups -OCH3 is 1. The van der Waals surface area contributed by atoms with E-state index in [-0.39, 0.29) is 11.7 Å². The molecular weight excluding hydrogens is 374 g/mol. The highest BCUT2D eigenvalue weighted by atomic mass is 32.2. The molecule has 0 aliphatic carbocycles. The van der Waals surface area contributed by atoms with Gasteiger partial charge in [-0.1, -0.05) is 18.2 Å². The van der Waals surface area contributed by atoms with E-state index in [0.29, 0.717) is 26.1 Å². The Labute approximate surface area is 158 Å². The molecule has 1 aromatic heterocycles. The van der Waals surface area contributed by atoms with Crippen molar-refractivity contribution in [3.05, 3.63) is 52.2 Å². The van der Waals surface area contributed by atoms with Crippen molar-refractivity contribution >= 4 is 27.4 Å². The standard InChI is InChI=1S/C18H23NO5S2/c1-23-11-4-10-19(18(20)13-17-5-3-12-25-17)14-15-6-8-16(9-7-15)24-26(2,21)22/h3,5-9,12H,4,10-11,13-14H2,1-2H3. The average molecular weight is 398 g/mol. The summed E-state index contributed by atoms with van der Waals surface area (Å²) in [7, 11) is -1.91. The molecule has 0 bridgehead atoms. The van der Waals surface area contributed by atoms with Crippen LogP contribution in [0.2, 0.25) is 0 Å². The zero-order chi connectivity index (χ0) is 19.0. The number of benzene rings is 1. The van der Waals surface area contributed by atoms with Crippen molar-refractivity contribution in [2.45, 2.75) is 19.4 Å². The second kappa shape index (κ2) is 9.70. The Hall–Kier alpha value is -1.90. The minimum Gasteiger partial charge on any atom is -0.385 e. The smallest absolute Gasteiger partial charge is 0.306 e. The Morgan fingerprint density at radius 3 is 2.50 bits per heavy atom. The zero-order valence-corrected chi connectivity index (χ0v) is 16.5. The van der Waals surface area contributed by atoms with E-state index < -0.39 is 10.1 Å². The third-order valence-corrected chi connectivity index (χ3v) is 4.95. The van der Waals surface area contributed by atoms with E-state index >= 15 is 0 Å².